The summed E-state index contributed by atoms with van der Waals surface area (Å²) < 4.78 is 46.2. The van der Waals surface area contributed by atoms with E-state index < -0.39 is 10.0 Å². The molecule has 0 bridgehead atoms. The van der Waals surface area contributed by atoms with Crippen molar-refractivity contribution in [3.05, 3.63) is 57.7 Å². The van der Waals surface area contributed by atoms with Crippen LogP contribution in [0.15, 0.2) is 45.9 Å². The van der Waals surface area contributed by atoms with Gasteiger partial charge >= 0.3 is 0 Å². The molecule has 3 aromatic rings. The predicted molar refractivity (Wildman–Crippen MR) is 89.7 cm³/mol. The number of rotatable bonds is 5. The third-order valence-electron chi connectivity index (χ3n) is 3.54. The third-order valence-corrected chi connectivity index (χ3v) is 6.26. The molecule has 5 nitrogen and oxygen atoms in total. The normalized spacial score (nSPS) is 11.8. The Bertz CT molecular complexity index is 946. The van der Waals surface area contributed by atoms with Crippen LogP contribution in [-0.2, 0) is 16.6 Å². The van der Waals surface area contributed by atoms with Gasteiger partial charge in [0.25, 0.3) is 0 Å². The number of aryl methyl sites for hydroxylation is 2. The maximum atomic E-state index is 12.9. The summed E-state index contributed by atoms with van der Waals surface area (Å²) in [7, 11) is -3.76. The summed E-state index contributed by atoms with van der Waals surface area (Å²) >= 11 is 1.39. The Labute approximate surface area is 143 Å². The van der Waals surface area contributed by atoms with Crippen LogP contribution in [0.2, 0.25) is 0 Å². The van der Waals surface area contributed by atoms with E-state index in [9.17, 15) is 12.8 Å². The van der Waals surface area contributed by atoms with Crippen molar-refractivity contribution < 1.29 is 17.3 Å². The topological polar surface area (TPSA) is 72.2 Å². The third kappa shape index (κ3) is 3.26. The minimum atomic E-state index is -3.76. The average molecular weight is 366 g/mol. The summed E-state index contributed by atoms with van der Waals surface area (Å²) in [5, 5.41) is 3.65. The molecule has 1 aromatic carbocycles. The van der Waals surface area contributed by atoms with Gasteiger partial charge in [0.15, 0.2) is 5.76 Å². The molecule has 0 unspecified atom stereocenters. The second kappa shape index (κ2) is 6.46. The Morgan fingerprint density at radius 3 is 2.50 bits per heavy atom. The van der Waals surface area contributed by atoms with Gasteiger partial charge in [-0.15, -0.1) is 11.3 Å². The number of thiophene rings is 1. The summed E-state index contributed by atoms with van der Waals surface area (Å²) in [5.41, 5.74) is 1.20. The molecule has 0 atom stereocenters. The van der Waals surface area contributed by atoms with E-state index in [0.29, 0.717) is 21.8 Å². The molecule has 0 amide bonds. The smallest absolute Gasteiger partial charge is 0.242 e. The largest absolute Gasteiger partial charge is 0.356 e. The highest BCUT2D eigenvalue weighted by Gasteiger charge is 2.27. The lowest BCUT2D eigenvalue weighted by atomic mass is 10.2. The van der Waals surface area contributed by atoms with Crippen LogP contribution in [0.3, 0.4) is 0 Å². The Balaban J connectivity index is 1.94. The zero-order valence-electron chi connectivity index (χ0n) is 13.0. The molecule has 0 fully saturated rings. The van der Waals surface area contributed by atoms with Crippen molar-refractivity contribution in [1.29, 1.82) is 0 Å². The van der Waals surface area contributed by atoms with Gasteiger partial charge in [-0.1, -0.05) is 17.3 Å². The molecule has 126 valence electrons. The van der Waals surface area contributed by atoms with Crippen molar-refractivity contribution in [3.63, 3.8) is 0 Å². The molecule has 2 aromatic heterocycles. The van der Waals surface area contributed by atoms with E-state index in [0.717, 1.165) is 4.88 Å². The first-order valence-electron chi connectivity index (χ1n) is 7.13. The number of nitrogens with zero attached hydrogens (tertiary/aromatic N) is 1. The molecule has 0 saturated carbocycles. The number of aromatic nitrogens is 1. The van der Waals surface area contributed by atoms with Gasteiger partial charge in [0, 0.05) is 22.4 Å². The molecular formula is C16H15FN2O3S2. The zero-order valence-corrected chi connectivity index (χ0v) is 14.7. The highest BCUT2D eigenvalue weighted by molar-refractivity contribution is 7.89. The number of hydrogen-bond donors (Lipinski definition) is 1. The Kier molecular flexibility index (Phi) is 4.53. The summed E-state index contributed by atoms with van der Waals surface area (Å²) in [6.07, 6.45) is 1.48. The van der Waals surface area contributed by atoms with E-state index in [4.69, 9.17) is 4.52 Å². The van der Waals surface area contributed by atoms with E-state index in [1.807, 2.05) is 6.92 Å². The van der Waals surface area contributed by atoms with Crippen molar-refractivity contribution in [2.45, 2.75) is 25.3 Å². The Hall–Kier alpha value is -2.03. The molecule has 1 N–H and O–H groups in total. The maximum Gasteiger partial charge on any atom is 0.242 e. The lowest BCUT2D eigenvalue weighted by Gasteiger charge is -2.09. The monoisotopic (exact) mass is 366 g/mol. The summed E-state index contributed by atoms with van der Waals surface area (Å²) in [5.74, 6) is 0.0533. The van der Waals surface area contributed by atoms with Crippen molar-refractivity contribution in [2.75, 3.05) is 0 Å². The average Bonchev–Trinajstić information content (AvgIpc) is 3.14. The standard InChI is InChI=1S/C16H15FN2O3S2/c1-10-15(14-7-8-18-22-14)16(11(2)23-10)24(20,21)19-9-12-3-5-13(17)6-4-12/h3-8,19H,9H2,1-2H3. The fraction of sp³-hybridized carbons (Fsp3) is 0.188. The van der Waals surface area contributed by atoms with Gasteiger partial charge in [-0.3, -0.25) is 0 Å². The molecular weight excluding hydrogens is 351 g/mol. The second-order valence-electron chi connectivity index (χ2n) is 5.25. The van der Waals surface area contributed by atoms with Gasteiger partial charge in [0.2, 0.25) is 10.0 Å². The minimum Gasteiger partial charge on any atom is -0.356 e. The van der Waals surface area contributed by atoms with Crippen LogP contribution in [0.25, 0.3) is 11.3 Å². The van der Waals surface area contributed by atoms with Gasteiger partial charge in [0.1, 0.15) is 10.7 Å². The number of benzene rings is 1. The maximum absolute atomic E-state index is 12.9. The lowest BCUT2D eigenvalue weighted by molar-refractivity contribution is 0.431. The molecule has 0 aliphatic carbocycles. The van der Waals surface area contributed by atoms with E-state index in [1.54, 1.807) is 25.1 Å². The van der Waals surface area contributed by atoms with Crippen molar-refractivity contribution in [1.82, 2.24) is 9.88 Å². The Morgan fingerprint density at radius 2 is 1.88 bits per heavy atom. The van der Waals surface area contributed by atoms with E-state index in [2.05, 4.69) is 9.88 Å². The summed E-state index contributed by atoms with van der Waals surface area (Å²) in [4.78, 5) is 1.71. The molecule has 8 heteroatoms. The van der Waals surface area contributed by atoms with Crippen LogP contribution in [0.5, 0.6) is 0 Å². The molecule has 24 heavy (non-hydrogen) atoms. The summed E-state index contributed by atoms with van der Waals surface area (Å²) in [6.45, 7) is 3.67. The lowest BCUT2D eigenvalue weighted by Crippen LogP contribution is -2.24. The van der Waals surface area contributed by atoms with Gasteiger partial charge in [0.05, 0.1) is 11.8 Å². The van der Waals surface area contributed by atoms with E-state index in [-0.39, 0.29) is 17.3 Å². The molecule has 3 rings (SSSR count). The Morgan fingerprint density at radius 1 is 1.17 bits per heavy atom. The summed E-state index contributed by atoms with van der Waals surface area (Å²) in [6, 6.07) is 7.31. The quantitative estimate of drug-likeness (QED) is 0.748. The number of halogens is 1. The number of hydrogen-bond acceptors (Lipinski definition) is 5. The molecule has 0 aliphatic rings. The predicted octanol–water partition coefficient (Wildman–Crippen LogP) is 3.64. The van der Waals surface area contributed by atoms with Gasteiger partial charge in [-0.25, -0.2) is 17.5 Å². The van der Waals surface area contributed by atoms with Crippen molar-refractivity contribution in [3.8, 4) is 11.3 Å². The highest BCUT2D eigenvalue weighted by Crippen LogP contribution is 2.38. The van der Waals surface area contributed by atoms with Crippen molar-refractivity contribution >= 4 is 21.4 Å². The number of nitrogens with one attached hydrogen (secondary N) is 1. The van der Waals surface area contributed by atoms with Crippen LogP contribution in [0.1, 0.15) is 15.3 Å². The van der Waals surface area contributed by atoms with E-state index >= 15 is 0 Å². The highest BCUT2D eigenvalue weighted by atomic mass is 32.2. The first-order valence-corrected chi connectivity index (χ1v) is 9.43. The number of sulfonamides is 1. The second-order valence-corrected chi connectivity index (χ2v) is 8.38. The van der Waals surface area contributed by atoms with Crippen LogP contribution < -0.4 is 4.72 Å². The van der Waals surface area contributed by atoms with E-state index in [1.165, 1.54) is 29.7 Å². The van der Waals surface area contributed by atoms with Crippen molar-refractivity contribution in [2.24, 2.45) is 0 Å². The first kappa shape index (κ1) is 16.8. The molecule has 0 radical (unpaired) electrons. The SMILES string of the molecule is Cc1sc(C)c(S(=O)(=O)NCc2ccc(F)cc2)c1-c1ccno1. The molecule has 0 spiro atoms. The van der Waals surface area contributed by atoms with Gasteiger partial charge in [-0.2, -0.15) is 0 Å². The van der Waals surface area contributed by atoms with Crippen LogP contribution in [0.4, 0.5) is 4.39 Å². The molecule has 2 heterocycles. The minimum absolute atomic E-state index is 0.0762. The first-order chi connectivity index (χ1) is 11.4. The van der Waals surface area contributed by atoms with Gasteiger partial charge in [-0.05, 0) is 31.5 Å². The van der Waals surface area contributed by atoms with Gasteiger partial charge < -0.3 is 4.52 Å². The van der Waals surface area contributed by atoms with Crippen LogP contribution >= 0.6 is 11.3 Å². The fourth-order valence-corrected chi connectivity index (χ4v) is 5.35. The van der Waals surface area contributed by atoms with Crippen LogP contribution in [0, 0.1) is 19.7 Å². The molecule has 0 aliphatic heterocycles. The van der Waals surface area contributed by atoms with Crippen LogP contribution in [-0.4, -0.2) is 13.6 Å². The molecule has 0 saturated heterocycles. The zero-order chi connectivity index (χ0) is 17.3. The fourth-order valence-electron chi connectivity index (χ4n) is 2.47.